The van der Waals surface area contributed by atoms with Gasteiger partial charge >= 0.3 is 5.97 Å². The highest BCUT2D eigenvalue weighted by Gasteiger charge is 2.23. The van der Waals surface area contributed by atoms with Gasteiger partial charge in [-0.1, -0.05) is 72.4 Å². The molecule has 1 aliphatic rings. The largest absolute Gasteiger partial charge is 0.480 e. The molecule has 9 nitrogen and oxygen atoms in total. The van der Waals surface area contributed by atoms with Crippen LogP contribution in [0.15, 0.2) is 65.1 Å². The Balaban J connectivity index is 0.000000229. The lowest BCUT2D eigenvalue weighted by atomic mass is 10.0. The monoisotopic (exact) mass is 644 g/mol. The van der Waals surface area contributed by atoms with Crippen molar-refractivity contribution in [2.75, 3.05) is 41.3 Å². The first-order chi connectivity index (χ1) is 19.6. The van der Waals surface area contributed by atoms with E-state index in [9.17, 15) is 19.7 Å². The highest BCUT2D eigenvalue weighted by Crippen LogP contribution is 2.35. The Bertz CT molecular complexity index is 1390. The van der Waals surface area contributed by atoms with Crippen molar-refractivity contribution in [3.63, 3.8) is 0 Å². The average molecular weight is 646 g/mol. The highest BCUT2D eigenvalue weighted by molar-refractivity contribution is 9.10. The number of fused-ring (bicyclic) bond motifs is 1. The van der Waals surface area contributed by atoms with Crippen LogP contribution >= 0.6 is 27.5 Å². The number of rotatable bonds is 11. The number of amides is 1. The van der Waals surface area contributed by atoms with Gasteiger partial charge in [0.2, 0.25) is 5.91 Å². The molecular formula is C30H34BrClN4O5. The second kappa shape index (κ2) is 15.4. The molecule has 218 valence electrons. The first-order valence-electron chi connectivity index (χ1n) is 13.5. The third-order valence-electron chi connectivity index (χ3n) is 6.47. The number of aliphatic carboxylic acids is 1. The van der Waals surface area contributed by atoms with E-state index >= 15 is 0 Å². The number of hydrogen-bond acceptors (Lipinski definition) is 6. The van der Waals surface area contributed by atoms with Crippen LogP contribution in [0.3, 0.4) is 0 Å². The maximum absolute atomic E-state index is 11.8. The fraction of sp³-hybridized carbons (Fsp3) is 0.333. The first kappa shape index (κ1) is 31.9. The molecule has 0 aromatic heterocycles. The maximum Gasteiger partial charge on any atom is 0.323 e. The number of benzene rings is 3. The molecule has 1 amide bonds. The lowest BCUT2D eigenvalue weighted by molar-refractivity contribution is -0.384. The van der Waals surface area contributed by atoms with Gasteiger partial charge in [-0.3, -0.25) is 19.7 Å². The van der Waals surface area contributed by atoms with Crippen LogP contribution in [-0.4, -0.2) is 48.1 Å². The van der Waals surface area contributed by atoms with E-state index in [0.29, 0.717) is 23.2 Å². The van der Waals surface area contributed by atoms with Crippen molar-refractivity contribution >= 4 is 62.2 Å². The van der Waals surface area contributed by atoms with E-state index < -0.39 is 10.9 Å². The molecule has 1 heterocycles. The fourth-order valence-corrected chi connectivity index (χ4v) is 4.98. The van der Waals surface area contributed by atoms with Crippen LogP contribution in [0.5, 0.6) is 0 Å². The molecule has 0 bridgehead atoms. The summed E-state index contributed by atoms with van der Waals surface area (Å²) in [6.45, 7) is 5.68. The summed E-state index contributed by atoms with van der Waals surface area (Å²) in [7, 11) is 0. The molecule has 41 heavy (non-hydrogen) atoms. The van der Waals surface area contributed by atoms with Crippen molar-refractivity contribution in [2.45, 2.75) is 39.5 Å². The second-order valence-electron chi connectivity index (χ2n) is 9.62. The minimum Gasteiger partial charge on any atom is -0.480 e. The summed E-state index contributed by atoms with van der Waals surface area (Å²) in [6, 6.07) is 18.5. The molecule has 11 heteroatoms. The number of carbonyl (C=O) groups is 2. The van der Waals surface area contributed by atoms with E-state index in [-0.39, 0.29) is 18.1 Å². The number of unbranched alkanes of at least 4 members (excludes halogenated alkanes) is 2. The molecular weight excluding hydrogens is 612 g/mol. The predicted molar refractivity (Wildman–Crippen MR) is 168 cm³/mol. The molecule has 2 N–H and O–H groups in total. The van der Waals surface area contributed by atoms with Crippen LogP contribution < -0.4 is 15.1 Å². The molecule has 0 radical (unpaired) electrons. The molecule has 0 unspecified atom stereocenters. The summed E-state index contributed by atoms with van der Waals surface area (Å²) in [6.07, 6.45) is 3.85. The lowest BCUT2D eigenvalue weighted by Crippen LogP contribution is -2.38. The number of nitrogens with zero attached hydrogens (tertiary/aromatic N) is 3. The van der Waals surface area contributed by atoms with Gasteiger partial charge in [-0.2, -0.15) is 0 Å². The Kier molecular flexibility index (Phi) is 12.0. The number of carboxylic acids is 1. The lowest BCUT2D eigenvalue weighted by Gasteiger charge is -2.31. The van der Waals surface area contributed by atoms with Gasteiger partial charge < -0.3 is 20.2 Å². The van der Waals surface area contributed by atoms with Gasteiger partial charge in [0.1, 0.15) is 12.2 Å². The van der Waals surface area contributed by atoms with Crippen LogP contribution in [0.1, 0.15) is 39.5 Å². The zero-order valence-electron chi connectivity index (χ0n) is 23.1. The van der Waals surface area contributed by atoms with Crippen molar-refractivity contribution < 1.29 is 19.6 Å². The number of halogens is 2. The molecule has 3 aromatic rings. The second-order valence-corrected chi connectivity index (χ2v) is 11.0. The van der Waals surface area contributed by atoms with Gasteiger partial charge in [0, 0.05) is 28.7 Å². The van der Waals surface area contributed by atoms with E-state index in [1.807, 2.05) is 43.3 Å². The van der Waals surface area contributed by atoms with Crippen LogP contribution in [0.4, 0.5) is 22.7 Å². The zero-order chi connectivity index (χ0) is 29.9. The number of nitro groups is 1. The third kappa shape index (κ3) is 9.19. The quantitative estimate of drug-likeness (QED) is 0.163. The van der Waals surface area contributed by atoms with Crippen LogP contribution in [0, 0.1) is 10.1 Å². The van der Waals surface area contributed by atoms with E-state index in [2.05, 4.69) is 39.1 Å². The molecule has 4 rings (SSSR count). The van der Waals surface area contributed by atoms with Crippen molar-refractivity contribution in [1.82, 2.24) is 0 Å². The molecule has 0 saturated carbocycles. The average Bonchev–Trinajstić information content (AvgIpc) is 2.93. The van der Waals surface area contributed by atoms with E-state index in [1.165, 1.54) is 11.0 Å². The van der Waals surface area contributed by atoms with E-state index in [4.69, 9.17) is 16.7 Å². The normalized spacial score (nSPS) is 12.1. The summed E-state index contributed by atoms with van der Waals surface area (Å²) < 4.78 is 0.681. The van der Waals surface area contributed by atoms with Crippen LogP contribution in [0.2, 0.25) is 5.02 Å². The number of carboxylic acid groups (broad SMARTS) is 1. The summed E-state index contributed by atoms with van der Waals surface area (Å²) in [5.41, 5.74) is 4.42. The summed E-state index contributed by atoms with van der Waals surface area (Å²) in [5, 5.41) is 23.6. The Morgan fingerprint density at radius 3 is 2.49 bits per heavy atom. The van der Waals surface area contributed by atoms with Crippen LogP contribution in [0.25, 0.3) is 11.1 Å². The summed E-state index contributed by atoms with van der Waals surface area (Å²) in [4.78, 5) is 36.9. The van der Waals surface area contributed by atoms with Crippen molar-refractivity contribution in [3.8, 4) is 11.1 Å². The molecule has 1 aliphatic heterocycles. The molecule has 3 aromatic carbocycles. The third-order valence-corrected chi connectivity index (χ3v) is 7.20. The smallest absolute Gasteiger partial charge is 0.323 e. The summed E-state index contributed by atoms with van der Waals surface area (Å²) >= 11 is 9.34. The van der Waals surface area contributed by atoms with Gasteiger partial charge in [-0.25, -0.2) is 0 Å². The Morgan fingerprint density at radius 2 is 1.83 bits per heavy atom. The minimum absolute atomic E-state index is 0.0547. The Morgan fingerprint density at radius 1 is 1.10 bits per heavy atom. The van der Waals surface area contributed by atoms with Crippen molar-refractivity contribution in [3.05, 3.63) is 80.3 Å². The number of hydrogen-bond donors (Lipinski definition) is 2. The fourth-order valence-electron chi connectivity index (χ4n) is 4.44. The molecule has 0 atom stereocenters. The van der Waals surface area contributed by atoms with E-state index in [0.717, 1.165) is 59.8 Å². The topological polar surface area (TPSA) is 116 Å². The number of nitro benzene ring substituents is 1. The molecule has 0 saturated heterocycles. The standard InChI is InChI=1S/C18H19ClN2O.C12H15BrN2O4/c1-2-3-9-21-12-18(22)20-16-8-7-14(11-17(16)21)13-5-4-6-15(19)10-13;1-2-3-6-14(8-12(16)17)11-7-9(13)4-5-10(11)15(18)19/h4-8,10-11H,2-3,9,12H2,1H3,(H,20,22);4-5,7H,2-3,6,8H2,1H3,(H,16,17). The first-order valence-corrected chi connectivity index (χ1v) is 14.7. The molecule has 0 aliphatic carbocycles. The van der Waals surface area contributed by atoms with Gasteiger partial charge in [0.15, 0.2) is 0 Å². The van der Waals surface area contributed by atoms with Gasteiger partial charge in [-0.15, -0.1) is 0 Å². The summed E-state index contributed by atoms with van der Waals surface area (Å²) in [5.74, 6) is -0.954. The Labute approximate surface area is 253 Å². The highest BCUT2D eigenvalue weighted by atomic mass is 79.9. The van der Waals surface area contributed by atoms with Gasteiger partial charge in [0.05, 0.1) is 22.8 Å². The zero-order valence-corrected chi connectivity index (χ0v) is 25.5. The number of anilines is 3. The predicted octanol–water partition coefficient (Wildman–Crippen LogP) is 7.61. The van der Waals surface area contributed by atoms with Crippen LogP contribution in [-0.2, 0) is 9.59 Å². The SMILES string of the molecule is CCCCN(CC(=O)O)c1cc(Br)ccc1[N+](=O)[O-].CCCCN1CC(=O)Nc2ccc(-c3cccc(Cl)c3)cc21. The number of carbonyl (C=O) groups excluding carboxylic acids is 1. The minimum atomic E-state index is -1.01. The maximum atomic E-state index is 11.8. The van der Waals surface area contributed by atoms with E-state index in [1.54, 1.807) is 12.1 Å². The molecule has 0 spiro atoms. The Hall–Kier alpha value is -3.63. The van der Waals surface area contributed by atoms with Crippen molar-refractivity contribution in [2.24, 2.45) is 0 Å². The number of nitrogens with one attached hydrogen (secondary N) is 1. The van der Waals surface area contributed by atoms with Gasteiger partial charge in [0.25, 0.3) is 5.69 Å². The van der Waals surface area contributed by atoms with Crippen molar-refractivity contribution in [1.29, 1.82) is 0 Å². The van der Waals surface area contributed by atoms with Gasteiger partial charge in [-0.05, 0) is 60.4 Å². The molecule has 0 fully saturated rings.